The van der Waals surface area contributed by atoms with Crippen LogP contribution in [0.4, 0.5) is 0 Å². The van der Waals surface area contributed by atoms with Gasteiger partial charge in [-0.25, -0.2) is 0 Å². The van der Waals surface area contributed by atoms with Gasteiger partial charge in [-0.2, -0.15) is 0 Å². The van der Waals surface area contributed by atoms with Crippen molar-refractivity contribution in [3.63, 3.8) is 0 Å². The Balaban J connectivity index is 2.74. The van der Waals surface area contributed by atoms with E-state index in [1.807, 2.05) is 45.9 Å². The van der Waals surface area contributed by atoms with E-state index in [9.17, 15) is 14.7 Å². The molecule has 1 aromatic rings. The molecule has 0 aliphatic carbocycles. The number of hydrogen-bond donors (Lipinski definition) is 4. The number of aliphatic hydroxyl groups is 1. The van der Waals surface area contributed by atoms with Crippen LogP contribution >= 0.6 is 0 Å². The van der Waals surface area contributed by atoms with E-state index in [-0.39, 0.29) is 36.1 Å². The topological polar surface area (TPSA) is 104 Å². The van der Waals surface area contributed by atoms with Crippen molar-refractivity contribution in [3.05, 3.63) is 35.9 Å². The summed E-state index contributed by atoms with van der Waals surface area (Å²) in [5.74, 6) is -0.680. The highest BCUT2D eigenvalue weighted by Gasteiger charge is 2.31. The molecule has 5 atom stereocenters. The summed E-state index contributed by atoms with van der Waals surface area (Å²) >= 11 is 0. The third kappa shape index (κ3) is 9.80. The van der Waals surface area contributed by atoms with Gasteiger partial charge in [-0.3, -0.25) is 14.9 Å². The van der Waals surface area contributed by atoms with Crippen LogP contribution in [-0.4, -0.2) is 41.7 Å². The lowest BCUT2D eigenvalue weighted by atomic mass is 9.85. The van der Waals surface area contributed by atoms with E-state index >= 15 is 0 Å². The van der Waals surface area contributed by atoms with Gasteiger partial charge in [0.2, 0.25) is 11.8 Å². The highest BCUT2D eigenvalue weighted by molar-refractivity contribution is 5.98. The van der Waals surface area contributed by atoms with Gasteiger partial charge in [-0.05, 0) is 49.1 Å². The Morgan fingerprint density at radius 3 is 2.16 bits per heavy atom. The molecule has 0 aromatic heterocycles. The van der Waals surface area contributed by atoms with Crippen molar-refractivity contribution in [2.75, 3.05) is 6.54 Å². The van der Waals surface area contributed by atoms with E-state index in [0.29, 0.717) is 18.9 Å². The maximum Gasteiger partial charge on any atom is 0.243 e. The highest BCUT2D eigenvalue weighted by atomic mass is 16.3. The van der Waals surface area contributed by atoms with Gasteiger partial charge in [0.15, 0.2) is 0 Å². The molecule has 182 valence electrons. The van der Waals surface area contributed by atoms with Crippen molar-refractivity contribution in [2.45, 2.75) is 85.4 Å². The van der Waals surface area contributed by atoms with E-state index in [2.05, 4.69) is 36.6 Å². The number of rotatable bonds is 14. The SMILES string of the molecule is CC[C@H](C)[C@H](NCCc1ccccc1)C(=O)NC(=O)[C@@H](C[C@H](O)[C@@H](N)CC(C)C)C(C)C. The monoisotopic (exact) mass is 447 g/mol. The number of carbonyl (C=O) groups excluding carboxylic acids is 2. The predicted octanol–water partition coefficient (Wildman–Crippen LogP) is 3.27. The summed E-state index contributed by atoms with van der Waals surface area (Å²) in [6.45, 7) is 12.7. The van der Waals surface area contributed by atoms with Crippen molar-refractivity contribution < 1.29 is 14.7 Å². The molecule has 0 fully saturated rings. The number of aliphatic hydroxyl groups excluding tert-OH is 1. The van der Waals surface area contributed by atoms with Crippen molar-refractivity contribution in [3.8, 4) is 0 Å². The lowest BCUT2D eigenvalue weighted by Gasteiger charge is -2.28. The first kappa shape index (κ1) is 28.3. The molecule has 0 heterocycles. The van der Waals surface area contributed by atoms with Gasteiger partial charge in [-0.1, -0.05) is 78.3 Å². The minimum Gasteiger partial charge on any atom is -0.391 e. The zero-order valence-corrected chi connectivity index (χ0v) is 20.8. The van der Waals surface area contributed by atoms with E-state index in [0.717, 1.165) is 12.8 Å². The maximum absolute atomic E-state index is 13.0. The van der Waals surface area contributed by atoms with Crippen LogP contribution in [0.25, 0.3) is 0 Å². The Hall–Kier alpha value is -1.76. The van der Waals surface area contributed by atoms with Crippen LogP contribution in [0.5, 0.6) is 0 Å². The van der Waals surface area contributed by atoms with Crippen LogP contribution in [-0.2, 0) is 16.0 Å². The molecular formula is C26H45N3O3. The Morgan fingerprint density at radius 1 is 1.00 bits per heavy atom. The molecule has 1 aromatic carbocycles. The smallest absolute Gasteiger partial charge is 0.243 e. The van der Waals surface area contributed by atoms with Gasteiger partial charge in [0, 0.05) is 12.0 Å². The summed E-state index contributed by atoms with van der Waals surface area (Å²) in [6.07, 6.45) is 1.79. The van der Waals surface area contributed by atoms with Crippen LogP contribution in [0.15, 0.2) is 30.3 Å². The predicted molar refractivity (Wildman–Crippen MR) is 131 cm³/mol. The summed E-state index contributed by atoms with van der Waals surface area (Å²) in [5.41, 5.74) is 7.32. The molecule has 6 nitrogen and oxygen atoms in total. The molecule has 0 saturated carbocycles. The fraction of sp³-hybridized carbons (Fsp3) is 0.692. The van der Waals surface area contributed by atoms with E-state index < -0.39 is 18.1 Å². The summed E-state index contributed by atoms with van der Waals surface area (Å²) < 4.78 is 0. The van der Waals surface area contributed by atoms with E-state index in [1.54, 1.807) is 0 Å². The van der Waals surface area contributed by atoms with E-state index in [4.69, 9.17) is 5.73 Å². The van der Waals surface area contributed by atoms with Crippen molar-refractivity contribution in [1.82, 2.24) is 10.6 Å². The first-order chi connectivity index (χ1) is 15.1. The average molecular weight is 448 g/mol. The zero-order valence-electron chi connectivity index (χ0n) is 20.8. The number of nitrogens with two attached hydrogens (primary N) is 1. The molecule has 5 N–H and O–H groups in total. The quantitative estimate of drug-likeness (QED) is 0.350. The second-order valence-corrected chi connectivity index (χ2v) is 9.85. The lowest BCUT2D eigenvalue weighted by molar-refractivity contribution is -0.136. The molecule has 0 saturated heterocycles. The number of hydrogen-bond acceptors (Lipinski definition) is 5. The largest absolute Gasteiger partial charge is 0.391 e. The molecule has 0 bridgehead atoms. The van der Waals surface area contributed by atoms with Gasteiger partial charge in [0.05, 0.1) is 12.1 Å². The van der Waals surface area contributed by atoms with Crippen LogP contribution in [0.1, 0.15) is 66.4 Å². The first-order valence-electron chi connectivity index (χ1n) is 12.1. The third-order valence-electron chi connectivity index (χ3n) is 6.24. The van der Waals surface area contributed by atoms with Crippen LogP contribution in [0, 0.1) is 23.7 Å². The van der Waals surface area contributed by atoms with Crippen molar-refractivity contribution in [2.24, 2.45) is 29.4 Å². The van der Waals surface area contributed by atoms with Crippen LogP contribution in [0.2, 0.25) is 0 Å². The molecule has 0 unspecified atom stereocenters. The highest BCUT2D eigenvalue weighted by Crippen LogP contribution is 2.21. The standard InChI is InChI=1S/C26H45N3O3/c1-7-19(6)24(28-14-13-20-11-9-8-10-12-20)26(32)29-25(31)21(18(4)5)16-23(30)22(27)15-17(2)3/h8-12,17-19,21-24,28,30H,7,13-16,27H2,1-6H3,(H,29,31,32)/t19-,21-,22-,23-,24-/m0/s1. The fourth-order valence-corrected chi connectivity index (χ4v) is 3.91. The van der Waals surface area contributed by atoms with Crippen LogP contribution in [0.3, 0.4) is 0 Å². The molecule has 32 heavy (non-hydrogen) atoms. The Labute approximate surface area is 194 Å². The van der Waals surface area contributed by atoms with Crippen LogP contribution < -0.4 is 16.4 Å². The number of nitrogens with one attached hydrogen (secondary N) is 2. The fourth-order valence-electron chi connectivity index (χ4n) is 3.91. The van der Waals surface area contributed by atoms with Crippen molar-refractivity contribution in [1.29, 1.82) is 0 Å². The van der Waals surface area contributed by atoms with Gasteiger partial charge in [-0.15, -0.1) is 0 Å². The number of carbonyl (C=O) groups is 2. The summed E-state index contributed by atoms with van der Waals surface area (Å²) in [6, 6.07) is 9.27. The normalized spacial score (nSPS) is 16.4. The Kier molecular flexibility index (Phi) is 12.7. The molecule has 0 aliphatic heterocycles. The van der Waals surface area contributed by atoms with Gasteiger partial charge < -0.3 is 16.2 Å². The van der Waals surface area contributed by atoms with Crippen molar-refractivity contribution >= 4 is 11.8 Å². The van der Waals surface area contributed by atoms with Gasteiger partial charge in [0.1, 0.15) is 0 Å². The zero-order chi connectivity index (χ0) is 24.3. The number of amides is 2. The summed E-state index contributed by atoms with van der Waals surface area (Å²) in [5, 5.41) is 16.5. The van der Waals surface area contributed by atoms with Gasteiger partial charge >= 0.3 is 0 Å². The molecule has 1 rings (SSSR count). The first-order valence-corrected chi connectivity index (χ1v) is 12.1. The molecule has 0 aliphatic rings. The van der Waals surface area contributed by atoms with Gasteiger partial charge in [0.25, 0.3) is 0 Å². The molecule has 6 heteroatoms. The van der Waals surface area contributed by atoms with E-state index in [1.165, 1.54) is 5.56 Å². The molecule has 0 spiro atoms. The minimum absolute atomic E-state index is 0.0169. The minimum atomic E-state index is -0.778. The number of imide groups is 1. The second kappa shape index (κ2) is 14.4. The Bertz CT molecular complexity index is 678. The summed E-state index contributed by atoms with van der Waals surface area (Å²) in [7, 11) is 0. The molecule has 2 amide bonds. The summed E-state index contributed by atoms with van der Waals surface area (Å²) in [4.78, 5) is 26.0. The average Bonchev–Trinajstić information content (AvgIpc) is 2.74. The molecular weight excluding hydrogens is 402 g/mol. The third-order valence-corrected chi connectivity index (χ3v) is 6.24. The Morgan fingerprint density at radius 2 is 1.62 bits per heavy atom. The number of benzene rings is 1. The maximum atomic E-state index is 13.0. The molecule has 0 radical (unpaired) electrons. The second-order valence-electron chi connectivity index (χ2n) is 9.85. The lowest BCUT2D eigenvalue weighted by Crippen LogP contribution is -2.52.